The summed E-state index contributed by atoms with van der Waals surface area (Å²) < 4.78 is 54.4. The van der Waals surface area contributed by atoms with Crippen LogP contribution in [0.4, 0.5) is 4.39 Å². The predicted molar refractivity (Wildman–Crippen MR) is 553 cm³/mol. The Hall–Kier alpha value is -8.52. The van der Waals surface area contributed by atoms with Crippen molar-refractivity contribution < 1.29 is 83.5 Å². The smallest absolute Gasteiger partial charge is 0.127 e. The van der Waals surface area contributed by atoms with Crippen molar-refractivity contribution in [3.63, 3.8) is 0 Å². The van der Waals surface area contributed by atoms with Crippen LogP contribution in [0.3, 0.4) is 0 Å². The Kier molecular flexibility index (Phi) is 55.6. The minimum absolute atomic E-state index is 0.00831. The van der Waals surface area contributed by atoms with Crippen molar-refractivity contribution in [2.24, 2.45) is 47.2 Å². The molecule has 0 radical (unpaired) electrons. The summed E-state index contributed by atoms with van der Waals surface area (Å²) in [5.41, 5.74) is 11.7. The lowest BCUT2D eigenvalue weighted by molar-refractivity contribution is 0.0807. The molecule has 137 heavy (non-hydrogen) atoms. The lowest BCUT2D eigenvalue weighted by Crippen LogP contribution is -2.24. The van der Waals surface area contributed by atoms with Gasteiger partial charge in [-0.25, -0.2) is 4.39 Å². The zero-order valence-corrected chi connectivity index (χ0v) is 84.0. The molecule has 19 heteroatoms. The number of halogens is 1. The van der Waals surface area contributed by atoms with Gasteiger partial charge in [0, 0.05) is 24.5 Å². The Balaban J connectivity index is 0.000000196. The Bertz CT molecular complexity index is 4170. The molecule has 13 atom stereocenters. The third kappa shape index (κ3) is 47.1. The monoisotopic (exact) mass is 1890 g/mol. The molecule has 18 nitrogen and oxygen atoms in total. The average Bonchev–Trinajstić information content (AvgIpc) is 0.911. The van der Waals surface area contributed by atoms with Crippen molar-refractivity contribution in [1.82, 2.24) is 0 Å². The third-order valence-corrected chi connectivity index (χ3v) is 27.2. The molecule has 0 aliphatic heterocycles. The van der Waals surface area contributed by atoms with Gasteiger partial charge in [0.1, 0.15) is 46.1 Å². The zero-order valence-electron chi connectivity index (χ0n) is 84.0. The summed E-state index contributed by atoms with van der Waals surface area (Å²) in [7, 11) is 0. The lowest BCUT2D eigenvalue weighted by Gasteiger charge is -2.25. The molecule has 7 aliphatic rings. The predicted octanol–water partition coefficient (Wildman–Crippen LogP) is 26.4. The molecule has 0 heterocycles. The fourth-order valence-corrected chi connectivity index (χ4v) is 19.2. The molecule has 758 valence electrons. The van der Waals surface area contributed by atoms with Crippen LogP contribution in [0, 0.1) is 64.5 Å². The number of hydrogen-bond donors (Lipinski definition) is 11. The third-order valence-electron chi connectivity index (χ3n) is 27.2. The summed E-state index contributed by atoms with van der Waals surface area (Å²) in [6, 6.07) is 51.5. The van der Waals surface area contributed by atoms with E-state index in [1.807, 2.05) is 164 Å². The van der Waals surface area contributed by atoms with Crippen LogP contribution >= 0.6 is 0 Å². The van der Waals surface area contributed by atoms with Crippen molar-refractivity contribution in [3.05, 3.63) is 215 Å². The number of nitrogens with two attached hydrogens (primary N) is 1. The van der Waals surface area contributed by atoms with E-state index in [0.717, 1.165) is 266 Å². The van der Waals surface area contributed by atoms with E-state index in [0.29, 0.717) is 67.7 Å². The summed E-state index contributed by atoms with van der Waals surface area (Å²) in [5.74, 6) is 15.5. The highest BCUT2D eigenvalue weighted by molar-refractivity contribution is 5.77. The SMILES string of the molecule is CC/C=C/c1cc(F)cc(OCC2CCCCC2)c1.CCC#Cc1cccc(OCC2CCCCC2)c1.CCC[C@@H](O)c1cccc(OC[C@@H]2CCC[C@@H](O)C2)c1.CCC[C@@H](O)c1cccc(OC[C@@H]2CCC[C@H](O)C2)c1.CCC[C@@H](O)c1cccc(OC[C@H]2CCC[C@@H](O)C2)c1.CCC[C@@H](O)c1cccc(OC[C@H]2CCC[C@H](O)C2)c1.N=C(N)CC(O)c1cccc(OCC2CCCCC2)c1. The second-order valence-electron chi connectivity index (χ2n) is 39.5. The van der Waals surface area contributed by atoms with Crippen molar-refractivity contribution >= 4 is 11.9 Å². The molecule has 14 rings (SSSR count). The van der Waals surface area contributed by atoms with E-state index in [2.05, 4.69) is 53.4 Å². The molecule has 7 aromatic carbocycles. The second-order valence-corrected chi connectivity index (χ2v) is 39.5. The van der Waals surface area contributed by atoms with Gasteiger partial charge in [-0.05, 0) is 313 Å². The quantitative estimate of drug-likeness (QED) is 0.00974. The number of nitrogens with one attached hydrogen (secondary N) is 1. The minimum Gasteiger partial charge on any atom is -0.493 e. The number of ether oxygens (including phenoxy) is 7. The molecule has 7 aliphatic carbocycles. The molecular formula is C118H173FN2O16. The first kappa shape index (κ1) is 114. The fourth-order valence-electron chi connectivity index (χ4n) is 19.2. The molecule has 0 aromatic heterocycles. The molecule has 7 saturated carbocycles. The largest absolute Gasteiger partial charge is 0.493 e. The number of allylic oxidation sites excluding steroid dienone is 1. The maximum atomic E-state index is 13.5. The van der Waals surface area contributed by atoms with Crippen molar-refractivity contribution in [1.29, 1.82) is 5.41 Å². The number of benzene rings is 7. The number of hydrogen-bond acceptors (Lipinski definition) is 17. The molecule has 0 saturated heterocycles. The second kappa shape index (κ2) is 67.0. The van der Waals surface area contributed by atoms with Gasteiger partial charge in [0.05, 0.1) is 107 Å². The van der Waals surface area contributed by atoms with Crippen LogP contribution in [-0.2, 0) is 0 Å². The Morgan fingerprint density at radius 3 is 0.905 bits per heavy atom. The van der Waals surface area contributed by atoms with Crippen molar-refractivity contribution in [3.8, 4) is 52.1 Å². The van der Waals surface area contributed by atoms with Gasteiger partial charge in [0.2, 0.25) is 0 Å². The summed E-state index contributed by atoms with van der Waals surface area (Å²) in [4.78, 5) is 0. The van der Waals surface area contributed by atoms with Gasteiger partial charge < -0.3 is 84.9 Å². The topological polar surface area (TPSA) is 297 Å². The van der Waals surface area contributed by atoms with Crippen molar-refractivity contribution in [2.45, 2.75) is 366 Å². The van der Waals surface area contributed by atoms with Gasteiger partial charge in [0.25, 0.3) is 0 Å². The highest BCUT2D eigenvalue weighted by Gasteiger charge is 2.27. The Morgan fingerprint density at radius 2 is 0.620 bits per heavy atom. The molecule has 7 aromatic rings. The molecule has 0 spiro atoms. The Labute approximate surface area is 822 Å². The van der Waals surface area contributed by atoms with E-state index < -0.39 is 30.5 Å². The molecule has 0 bridgehead atoms. The number of aliphatic hydroxyl groups is 9. The summed E-state index contributed by atoms with van der Waals surface area (Å²) in [6.07, 6.45) is 45.7. The van der Waals surface area contributed by atoms with Gasteiger partial charge in [-0.3, -0.25) is 5.41 Å². The van der Waals surface area contributed by atoms with Crippen LogP contribution in [0.2, 0.25) is 0 Å². The van der Waals surface area contributed by atoms with E-state index in [-0.39, 0.29) is 42.5 Å². The van der Waals surface area contributed by atoms with Gasteiger partial charge in [-0.15, -0.1) is 0 Å². The van der Waals surface area contributed by atoms with E-state index in [1.54, 1.807) is 6.07 Å². The molecule has 0 amide bonds. The van der Waals surface area contributed by atoms with Gasteiger partial charge >= 0.3 is 0 Å². The maximum Gasteiger partial charge on any atom is 0.127 e. The van der Waals surface area contributed by atoms with Crippen LogP contribution in [0.25, 0.3) is 6.08 Å². The van der Waals surface area contributed by atoms with E-state index in [9.17, 15) is 50.3 Å². The first-order valence-electron chi connectivity index (χ1n) is 53.0. The molecule has 1 unspecified atom stereocenters. The number of aliphatic hydroxyl groups excluding tert-OH is 9. The molecular weight excluding hydrogens is 1720 g/mol. The molecule has 12 N–H and O–H groups in total. The summed E-state index contributed by atoms with van der Waals surface area (Å²) >= 11 is 0. The fraction of sp³-hybridized carbons (Fsp3) is 0.602. The highest BCUT2D eigenvalue weighted by atomic mass is 19.1. The van der Waals surface area contributed by atoms with Crippen LogP contribution in [0.15, 0.2) is 170 Å². The van der Waals surface area contributed by atoms with E-state index >= 15 is 0 Å². The van der Waals surface area contributed by atoms with E-state index in [4.69, 9.17) is 44.3 Å². The average molecular weight is 1890 g/mol. The minimum atomic E-state index is -0.731. The van der Waals surface area contributed by atoms with E-state index in [1.165, 1.54) is 102 Å². The van der Waals surface area contributed by atoms with Gasteiger partial charge in [-0.2, -0.15) is 0 Å². The van der Waals surface area contributed by atoms with Crippen LogP contribution in [-0.4, -0.2) is 122 Å². The maximum absolute atomic E-state index is 13.5. The molecule has 7 fully saturated rings. The summed E-state index contributed by atoms with van der Waals surface area (Å²) in [6.45, 7) is 17.4. The number of amidine groups is 1. The van der Waals surface area contributed by atoms with Crippen LogP contribution < -0.4 is 38.9 Å². The van der Waals surface area contributed by atoms with Crippen LogP contribution in [0.1, 0.15) is 381 Å². The summed E-state index contributed by atoms with van der Waals surface area (Å²) in [5, 5.41) is 95.9. The van der Waals surface area contributed by atoms with Crippen molar-refractivity contribution in [2.75, 3.05) is 46.2 Å². The zero-order chi connectivity index (χ0) is 98.0. The first-order chi connectivity index (χ1) is 66.5. The number of rotatable bonds is 38. The Morgan fingerprint density at radius 1 is 0.343 bits per heavy atom. The first-order valence-corrected chi connectivity index (χ1v) is 53.0. The van der Waals surface area contributed by atoms with Gasteiger partial charge in [-0.1, -0.05) is 241 Å². The highest BCUT2D eigenvalue weighted by Crippen LogP contribution is 2.36. The lowest BCUT2D eigenvalue weighted by atomic mass is 9.88. The standard InChI is InChI=1S/C17H23FO.4C17H26O3.C17H22O.C16H24N2O2/c1-2-3-7-15-10-16(18)12-17(11-15)19-13-14-8-5-4-6-9-14;4*1-2-5-17(19)14-7-4-9-16(11-14)20-12-13-6-3-8-15(18)10-13;1-2-3-8-15-11-7-12-17(13-15)18-14-16-9-5-4-6-10-16;17-16(18)10-15(19)13-7-4-8-14(9-13)20-11-12-5-2-1-3-6-12/h3,7,10-12,14H,2,4-6,8-9,13H2,1H3;4*4,7,9,11,13,15,17-19H,2-3,5-6,8,10,12H2,1H3;7,11-13,16H,2,4-6,9-10,14H2,1H3;4,7-9,12,15,19H,1-3,5-6,10-11H2,(H3,17,18)/b7-3+;;;;;;/t;13-,15+,17+;13-,15+,17-;13-,15-,17+;13-,15-,17-;;/m.0101../s1. The normalized spacial score (nSPS) is 21.2. The van der Waals surface area contributed by atoms with Gasteiger partial charge in [0.15, 0.2) is 0 Å². The van der Waals surface area contributed by atoms with Crippen LogP contribution in [0.5, 0.6) is 40.2 Å².